The quantitative estimate of drug-likeness (QED) is 0.568. The fourth-order valence-corrected chi connectivity index (χ4v) is 2.37. The first-order valence-corrected chi connectivity index (χ1v) is 7.81. The molecular formula is C19H24ClNO3. The predicted octanol–water partition coefficient (Wildman–Crippen LogP) is 3.15. The van der Waals surface area contributed by atoms with Gasteiger partial charge in [-0.05, 0) is 42.6 Å². The van der Waals surface area contributed by atoms with E-state index in [1.54, 1.807) is 12.1 Å². The Hall–Kier alpha value is -1.88. The van der Waals surface area contributed by atoms with Crippen LogP contribution in [0.3, 0.4) is 0 Å². The third-order valence-corrected chi connectivity index (χ3v) is 3.72. The number of ether oxygens (including phenoxy) is 1. The lowest BCUT2D eigenvalue weighted by molar-refractivity contribution is 0.0600. The summed E-state index contributed by atoms with van der Waals surface area (Å²) in [7, 11) is 1.38. The maximum absolute atomic E-state index is 11.3. The third kappa shape index (κ3) is 6.32. The number of methoxy groups -OCH3 is 1. The first-order valence-electron chi connectivity index (χ1n) is 7.81. The number of rotatable bonds is 8. The van der Waals surface area contributed by atoms with Gasteiger partial charge in [0, 0.05) is 6.54 Å². The van der Waals surface area contributed by atoms with Crippen LogP contribution in [0.25, 0.3) is 0 Å². The van der Waals surface area contributed by atoms with Crippen molar-refractivity contribution in [3.05, 3.63) is 71.3 Å². The van der Waals surface area contributed by atoms with E-state index in [9.17, 15) is 9.90 Å². The van der Waals surface area contributed by atoms with E-state index in [1.807, 2.05) is 42.5 Å². The molecule has 130 valence electrons. The summed E-state index contributed by atoms with van der Waals surface area (Å²) in [5.74, 6) is -0.312. The first-order chi connectivity index (χ1) is 11.2. The van der Waals surface area contributed by atoms with Crippen molar-refractivity contribution in [2.24, 2.45) is 0 Å². The molecule has 0 amide bonds. The van der Waals surface area contributed by atoms with Crippen LogP contribution in [0.1, 0.15) is 34.0 Å². The van der Waals surface area contributed by atoms with Gasteiger partial charge in [0.15, 0.2) is 0 Å². The number of carbonyl (C=O) groups excluding carboxylic acids is 1. The van der Waals surface area contributed by atoms with Gasteiger partial charge < -0.3 is 15.2 Å². The molecule has 2 aromatic rings. The van der Waals surface area contributed by atoms with E-state index < -0.39 is 6.10 Å². The molecule has 0 aromatic heterocycles. The van der Waals surface area contributed by atoms with Gasteiger partial charge in [0.25, 0.3) is 0 Å². The number of aryl methyl sites for hydroxylation is 1. The van der Waals surface area contributed by atoms with Crippen LogP contribution in [-0.2, 0) is 11.2 Å². The standard InChI is InChI=1S/C19H23NO3.ClH/c1-23-19(22)17-11-9-15(10-12-17)6-5-13-20-14-18(21)16-7-3-2-4-8-16;/h2-4,7-12,18,20-21H,5-6,13-14H2,1H3;1H. The summed E-state index contributed by atoms with van der Waals surface area (Å²) in [6.07, 6.45) is 1.42. The van der Waals surface area contributed by atoms with Crippen molar-refractivity contribution >= 4 is 18.4 Å². The highest BCUT2D eigenvalue weighted by molar-refractivity contribution is 5.89. The zero-order valence-electron chi connectivity index (χ0n) is 13.8. The number of aliphatic hydroxyl groups excluding tert-OH is 1. The molecule has 5 heteroatoms. The van der Waals surface area contributed by atoms with Gasteiger partial charge in [0.1, 0.15) is 0 Å². The molecule has 0 bridgehead atoms. The van der Waals surface area contributed by atoms with Gasteiger partial charge in [-0.15, -0.1) is 12.4 Å². The minimum absolute atomic E-state index is 0. The van der Waals surface area contributed by atoms with Crippen molar-refractivity contribution in [1.82, 2.24) is 5.32 Å². The molecule has 1 atom stereocenters. The van der Waals surface area contributed by atoms with E-state index in [4.69, 9.17) is 0 Å². The average Bonchev–Trinajstić information content (AvgIpc) is 2.62. The molecule has 1 unspecified atom stereocenters. The fraction of sp³-hybridized carbons (Fsp3) is 0.316. The number of aliphatic hydroxyl groups is 1. The number of carbonyl (C=O) groups is 1. The molecule has 0 heterocycles. The van der Waals surface area contributed by atoms with Crippen LogP contribution < -0.4 is 5.32 Å². The van der Waals surface area contributed by atoms with Crippen molar-refractivity contribution in [2.45, 2.75) is 18.9 Å². The van der Waals surface area contributed by atoms with Crippen LogP contribution in [0.5, 0.6) is 0 Å². The highest BCUT2D eigenvalue weighted by atomic mass is 35.5. The van der Waals surface area contributed by atoms with E-state index >= 15 is 0 Å². The number of halogens is 1. The summed E-state index contributed by atoms with van der Waals surface area (Å²) in [5.41, 5.74) is 2.68. The summed E-state index contributed by atoms with van der Waals surface area (Å²) in [6, 6.07) is 17.1. The fourth-order valence-electron chi connectivity index (χ4n) is 2.37. The normalized spacial score (nSPS) is 11.4. The van der Waals surface area contributed by atoms with Gasteiger partial charge in [-0.1, -0.05) is 42.5 Å². The summed E-state index contributed by atoms with van der Waals surface area (Å²) in [6.45, 7) is 1.38. The van der Waals surface area contributed by atoms with Gasteiger partial charge in [-0.2, -0.15) is 0 Å². The molecule has 0 aliphatic rings. The van der Waals surface area contributed by atoms with E-state index in [-0.39, 0.29) is 18.4 Å². The van der Waals surface area contributed by atoms with E-state index in [1.165, 1.54) is 12.7 Å². The Morgan fingerprint density at radius 3 is 2.42 bits per heavy atom. The zero-order valence-corrected chi connectivity index (χ0v) is 14.6. The monoisotopic (exact) mass is 349 g/mol. The number of benzene rings is 2. The molecule has 0 saturated heterocycles. The maximum atomic E-state index is 11.3. The van der Waals surface area contributed by atoms with Crippen LogP contribution in [0.4, 0.5) is 0 Å². The molecule has 0 spiro atoms. The first kappa shape index (κ1) is 20.2. The molecule has 0 fully saturated rings. The van der Waals surface area contributed by atoms with E-state index in [0.717, 1.165) is 24.9 Å². The molecule has 2 rings (SSSR count). The Kier molecular flexibility index (Phi) is 9.08. The van der Waals surface area contributed by atoms with Gasteiger partial charge in [0.05, 0.1) is 18.8 Å². The zero-order chi connectivity index (χ0) is 16.5. The summed E-state index contributed by atoms with van der Waals surface area (Å²) in [4.78, 5) is 11.3. The SMILES string of the molecule is COC(=O)c1ccc(CCCNCC(O)c2ccccc2)cc1.Cl. The largest absolute Gasteiger partial charge is 0.465 e. The van der Waals surface area contributed by atoms with Gasteiger partial charge >= 0.3 is 5.97 Å². The van der Waals surface area contributed by atoms with Crippen molar-refractivity contribution < 1.29 is 14.6 Å². The lowest BCUT2D eigenvalue weighted by Gasteiger charge is -2.12. The number of nitrogens with one attached hydrogen (secondary N) is 1. The topological polar surface area (TPSA) is 58.6 Å². The second-order valence-corrected chi connectivity index (χ2v) is 5.42. The van der Waals surface area contributed by atoms with Crippen molar-refractivity contribution in [3.63, 3.8) is 0 Å². The summed E-state index contributed by atoms with van der Waals surface area (Å²) < 4.78 is 4.68. The maximum Gasteiger partial charge on any atom is 0.337 e. The van der Waals surface area contributed by atoms with Crippen molar-refractivity contribution in [2.75, 3.05) is 20.2 Å². The molecule has 0 aliphatic heterocycles. The Morgan fingerprint density at radius 1 is 1.12 bits per heavy atom. The molecule has 2 N–H and O–H groups in total. The molecule has 0 aliphatic carbocycles. The van der Waals surface area contributed by atoms with Crippen LogP contribution in [0.2, 0.25) is 0 Å². The van der Waals surface area contributed by atoms with E-state index in [0.29, 0.717) is 12.1 Å². The van der Waals surface area contributed by atoms with Gasteiger partial charge in [-0.25, -0.2) is 4.79 Å². The third-order valence-electron chi connectivity index (χ3n) is 3.72. The van der Waals surface area contributed by atoms with Crippen LogP contribution in [-0.4, -0.2) is 31.3 Å². The van der Waals surface area contributed by atoms with Crippen LogP contribution in [0.15, 0.2) is 54.6 Å². The second-order valence-electron chi connectivity index (χ2n) is 5.42. The second kappa shape index (κ2) is 10.8. The Bertz CT molecular complexity index is 602. The predicted molar refractivity (Wildman–Crippen MR) is 97.6 cm³/mol. The Balaban J connectivity index is 0.00000288. The number of hydrogen-bond donors (Lipinski definition) is 2. The number of hydrogen-bond acceptors (Lipinski definition) is 4. The van der Waals surface area contributed by atoms with Crippen molar-refractivity contribution in [3.8, 4) is 0 Å². The minimum atomic E-state index is -0.476. The van der Waals surface area contributed by atoms with Gasteiger partial charge in [0.2, 0.25) is 0 Å². The molecule has 24 heavy (non-hydrogen) atoms. The molecule has 0 radical (unpaired) electrons. The smallest absolute Gasteiger partial charge is 0.337 e. The molecular weight excluding hydrogens is 326 g/mol. The molecule has 4 nitrogen and oxygen atoms in total. The minimum Gasteiger partial charge on any atom is -0.465 e. The lowest BCUT2D eigenvalue weighted by atomic mass is 10.1. The van der Waals surface area contributed by atoms with Crippen LogP contribution in [0, 0.1) is 0 Å². The number of esters is 1. The highest BCUT2D eigenvalue weighted by Gasteiger charge is 2.06. The highest BCUT2D eigenvalue weighted by Crippen LogP contribution is 2.11. The van der Waals surface area contributed by atoms with E-state index in [2.05, 4.69) is 10.1 Å². The average molecular weight is 350 g/mol. The van der Waals surface area contributed by atoms with Gasteiger partial charge in [-0.3, -0.25) is 0 Å². The Morgan fingerprint density at radius 2 is 1.79 bits per heavy atom. The summed E-state index contributed by atoms with van der Waals surface area (Å²) >= 11 is 0. The molecule has 0 saturated carbocycles. The lowest BCUT2D eigenvalue weighted by Crippen LogP contribution is -2.22. The molecule has 2 aromatic carbocycles. The Labute approximate surface area is 149 Å². The summed E-state index contributed by atoms with van der Waals surface area (Å²) in [5, 5.41) is 13.3. The van der Waals surface area contributed by atoms with Crippen LogP contribution >= 0.6 is 12.4 Å². The van der Waals surface area contributed by atoms with Crippen molar-refractivity contribution in [1.29, 1.82) is 0 Å².